The molecule has 0 radical (unpaired) electrons. The number of benzene rings is 2. The third-order valence-corrected chi connectivity index (χ3v) is 4.57. The molecular formula is C23H27N3O2. The number of aryl methyl sites for hydroxylation is 1. The number of hydrogen-bond donors (Lipinski definition) is 1. The van der Waals surface area contributed by atoms with Crippen LogP contribution in [0.2, 0.25) is 0 Å². The van der Waals surface area contributed by atoms with Crippen LogP contribution in [0.5, 0.6) is 0 Å². The Bertz CT molecular complexity index is 886. The molecule has 0 aliphatic heterocycles. The van der Waals surface area contributed by atoms with Gasteiger partial charge in [-0.15, -0.1) is 0 Å². The first-order valence-electron chi connectivity index (χ1n) is 9.77. The standard InChI is InChI=1S/C23H27N3O2/c1-16(2)15-18-9-11-19(12-10-18)17(3)24-21(27)13-14-22-25-23(26-28-22)20-7-5-4-6-8-20/h4-12,16-17H,13-15H2,1-3H3,(H,24,27)/t17-/m1/s1. The lowest BCUT2D eigenvalue weighted by molar-refractivity contribution is -0.121. The molecule has 146 valence electrons. The number of carbonyl (C=O) groups excluding carboxylic acids is 1. The van der Waals surface area contributed by atoms with Crippen molar-refractivity contribution in [3.8, 4) is 11.4 Å². The smallest absolute Gasteiger partial charge is 0.227 e. The van der Waals surface area contributed by atoms with Gasteiger partial charge >= 0.3 is 0 Å². The molecule has 3 aromatic rings. The van der Waals surface area contributed by atoms with Crippen LogP contribution in [-0.4, -0.2) is 16.0 Å². The highest BCUT2D eigenvalue weighted by Crippen LogP contribution is 2.17. The van der Waals surface area contributed by atoms with E-state index in [1.807, 2.05) is 37.3 Å². The molecule has 1 heterocycles. The zero-order chi connectivity index (χ0) is 19.9. The van der Waals surface area contributed by atoms with E-state index in [2.05, 4.69) is 53.6 Å². The lowest BCUT2D eigenvalue weighted by atomic mass is 10.00. The van der Waals surface area contributed by atoms with E-state index in [4.69, 9.17) is 4.52 Å². The highest BCUT2D eigenvalue weighted by molar-refractivity contribution is 5.76. The van der Waals surface area contributed by atoms with Crippen LogP contribution >= 0.6 is 0 Å². The molecule has 0 bridgehead atoms. The Balaban J connectivity index is 1.49. The number of rotatable bonds is 8. The van der Waals surface area contributed by atoms with Crippen LogP contribution < -0.4 is 5.32 Å². The molecule has 3 rings (SSSR count). The Labute approximate surface area is 166 Å². The molecule has 0 saturated carbocycles. The summed E-state index contributed by atoms with van der Waals surface area (Å²) >= 11 is 0. The first-order valence-corrected chi connectivity index (χ1v) is 9.77. The number of carbonyl (C=O) groups is 1. The van der Waals surface area contributed by atoms with Gasteiger partial charge in [0.15, 0.2) is 0 Å². The quantitative estimate of drug-likeness (QED) is 0.615. The predicted octanol–water partition coefficient (Wildman–Crippen LogP) is 4.75. The van der Waals surface area contributed by atoms with Crippen molar-refractivity contribution in [3.63, 3.8) is 0 Å². The van der Waals surface area contributed by atoms with Crippen molar-refractivity contribution in [3.05, 3.63) is 71.6 Å². The second-order valence-corrected chi connectivity index (χ2v) is 7.51. The van der Waals surface area contributed by atoms with Crippen LogP contribution in [0.25, 0.3) is 11.4 Å². The molecule has 0 unspecified atom stereocenters. The van der Waals surface area contributed by atoms with E-state index in [1.165, 1.54) is 5.56 Å². The fourth-order valence-electron chi connectivity index (χ4n) is 3.09. The van der Waals surface area contributed by atoms with E-state index in [0.29, 0.717) is 30.5 Å². The first kappa shape index (κ1) is 19.8. The number of amides is 1. The van der Waals surface area contributed by atoms with Gasteiger partial charge in [0.1, 0.15) is 0 Å². The maximum absolute atomic E-state index is 12.3. The molecule has 2 aromatic carbocycles. The van der Waals surface area contributed by atoms with Gasteiger partial charge in [-0.3, -0.25) is 4.79 Å². The molecule has 5 nitrogen and oxygen atoms in total. The van der Waals surface area contributed by atoms with E-state index in [9.17, 15) is 4.79 Å². The number of nitrogens with one attached hydrogen (secondary N) is 1. The Morgan fingerprint density at radius 2 is 1.75 bits per heavy atom. The van der Waals surface area contributed by atoms with Gasteiger partial charge in [0, 0.05) is 18.4 Å². The Kier molecular flexibility index (Phi) is 6.58. The molecule has 1 amide bonds. The molecule has 0 fully saturated rings. The van der Waals surface area contributed by atoms with Crippen LogP contribution in [0.1, 0.15) is 50.3 Å². The topological polar surface area (TPSA) is 68.0 Å². The zero-order valence-corrected chi connectivity index (χ0v) is 16.7. The van der Waals surface area contributed by atoms with Gasteiger partial charge in [-0.2, -0.15) is 4.98 Å². The van der Waals surface area contributed by atoms with Crippen molar-refractivity contribution in [2.45, 2.75) is 46.1 Å². The zero-order valence-electron chi connectivity index (χ0n) is 16.7. The van der Waals surface area contributed by atoms with Crippen LogP contribution in [0.4, 0.5) is 0 Å². The molecule has 5 heteroatoms. The summed E-state index contributed by atoms with van der Waals surface area (Å²) in [5.74, 6) is 1.62. The third-order valence-electron chi connectivity index (χ3n) is 4.57. The molecular weight excluding hydrogens is 350 g/mol. The van der Waals surface area contributed by atoms with Gasteiger partial charge in [0.25, 0.3) is 0 Å². The molecule has 0 spiro atoms. The predicted molar refractivity (Wildman–Crippen MR) is 110 cm³/mol. The van der Waals surface area contributed by atoms with Gasteiger partial charge in [0.05, 0.1) is 6.04 Å². The Morgan fingerprint density at radius 1 is 1.04 bits per heavy atom. The average Bonchev–Trinajstić information content (AvgIpc) is 3.16. The second-order valence-electron chi connectivity index (χ2n) is 7.51. The van der Waals surface area contributed by atoms with Crippen LogP contribution in [-0.2, 0) is 17.6 Å². The SMILES string of the molecule is CC(C)Cc1ccc([C@@H](C)NC(=O)CCc2nc(-c3ccccc3)no2)cc1. The van der Waals surface area contributed by atoms with Gasteiger partial charge in [-0.05, 0) is 30.4 Å². The molecule has 0 saturated heterocycles. The lowest BCUT2D eigenvalue weighted by Crippen LogP contribution is -2.26. The van der Waals surface area contributed by atoms with Gasteiger partial charge in [-0.1, -0.05) is 73.6 Å². The van der Waals surface area contributed by atoms with Gasteiger partial charge in [-0.25, -0.2) is 0 Å². The Hall–Kier alpha value is -2.95. The summed E-state index contributed by atoms with van der Waals surface area (Å²) in [6.07, 6.45) is 1.80. The number of hydrogen-bond acceptors (Lipinski definition) is 4. The maximum atomic E-state index is 12.3. The van der Waals surface area contributed by atoms with Crippen LogP contribution in [0, 0.1) is 5.92 Å². The minimum absolute atomic E-state index is 0.0294. The molecule has 1 N–H and O–H groups in total. The maximum Gasteiger partial charge on any atom is 0.227 e. The van der Waals surface area contributed by atoms with Gasteiger partial charge < -0.3 is 9.84 Å². The van der Waals surface area contributed by atoms with Crippen molar-refractivity contribution >= 4 is 5.91 Å². The van der Waals surface area contributed by atoms with Crippen molar-refractivity contribution in [1.82, 2.24) is 15.5 Å². The fraction of sp³-hybridized carbons (Fsp3) is 0.348. The molecule has 1 aromatic heterocycles. The summed E-state index contributed by atoms with van der Waals surface area (Å²) in [4.78, 5) is 16.7. The number of aromatic nitrogens is 2. The third kappa shape index (κ3) is 5.52. The van der Waals surface area contributed by atoms with Crippen molar-refractivity contribution < 1.29 is 9.32 Å². The summed E-state index contributed by atoms with van der Waals surface area (Å²) in [5, 5.41) is 7.02. The highest BCUT2D eigenvalue weighted by atomic mass is 16.5. The van der Waals surface area contributed by atoms with Crippen LogP contribution in [0.3, 0.4) is 0 Å². The Morgan fingerprint density at radius 3 is 2.43 bits per heavy atom. The van der Waals surface area contributed by atoms with E-state index in [1.54, 1.807) is 0 Å². The van der Waals surface area contributed by atoms with Crippen molar-refractivity contribution in [1.29, 1.82) is 0 Å². The molecule has 0 aliphatic rings. The largest absolute Gasteiger partial charge is 0.350 e. The number of nitrogens with zero attached hydrogens (tertiary/aromatic N) is 2. The summed E-state index contributed by atoms with van der Waals surface area (Å²) in [5.41, 5.74) is 3.32. The van der Waals surface area contributed by atoms with Gasteiger partial charge in [0.2, 0.25) is 17.6 Å². The highest BCUT2D eigenvalue weighted by Gasteiger charge is 2.13. The van der Waals surface area contributed by atoms with Crippen molar-refractivity contribution in [2.24, 2.45) is 5.92 Å². The van der Waals surface area contributed by atoms with Crippen molar-refractivity contribution in [2.75, 3.05) is 0 Å². The summed E-state index contributed by atoms with van der Waals surface area (Å²) in [6, 6.07) is 18.1. The molecule has 1 atom stereocenters. The minimum Gasteiger partial charge on any atom is -0.350 e. The molecule has 0 aliphatic carbocycles. The first-order chi connectivity index (χ1) is 13.5. The van der Waals surface area contributed by atoms with E-state index in [-0.39, 0.29) is 11.9 Å². The van der Waals surface area contributed by atoms with E-state index in [0.717, 1.165) is 17.5 Å². The lowest BCUT2D eigenvalue weighted by Gasteiger charge is -2.15. The molecule has 28 heavy (non-hydrogen) atoms. The fourth-order valence-corrected chi connectivity index (χ4v) is 3.09. The van der Waals surface area contributed by atoms with E-state index < -0.39 is 0 Å². The van der Waals surface area contributed by atoms with Crippen LogP contribution in [0.15, 0.2) is 59.1 Å². The van der Waals surface area contributed by atoms with E-state index >= 15 is 0 Å². The second kappa shape index (κ2) is 9.31. The minimum atomic E-state index is -0.0387. The average molecular weight is 377 g/mol. The monoisotopic (exact) mass is 377 g/mol. The summed E-state index contributed by atoms with van der Waals surface area (Å²) in [6.45, 7) is 6.42. The normalized spacial score (nSPS) is 12.1. The summed E-state index contributed by atoms with van der Waals surface area (Å²) in [7, 11) is 0. The summed E-state index contributed by atoms with van der Waals surface area (Å²) < 4.78 is 5.26.